The second kappa shape index (κ2) is 5.04. The SMILES string of the molecule is CC1(CNS(=O)(=O)c2ccc3c(c2)NCC3)CCCC1. The molecule has 1 saturated carbocycles. The van der Waals surface area contributed by atoms with Crippen molar-refractivity contribution >= 4 is 15.7 Å². The third kappa shape index (κ3) is 2.69. The minimum atomic E-state index is -3.40. The van der Waals surface area contributed by atoms with Crippen LogP contribution in [0, 0.1) is 5.41 Å². The summed E-state index contributed by atoms with van der Waals surface area (Å²) in [6.45, 7) is 3.61. The summed E-state index contributed by atoms with van der Waals surface area (Å²) in [7, 11) is -3.40. The van der Waals surface area contributed by atoms with Crippen molar-refractivity contribution in [2.45, 2.75) is 43.9 Å². The predicted molar refractivity (Wildman–Crippen MR) is 80.4 cm³/mol. The van der Waals surface area contributed by atoms with Gasteiger partial charge >= 0.3 is 0 Å². The molecule has 0 unspecified atom stereocenters. The molecule has 0 atom stereocenters. The standard InChI is InChI=1S/C15H22N2O2S/c1-15(7-2-3-8-15)11-17-20(18,19)13-5-4-12-6-9-16-14(12)10-13/h4-5,10,16-17H,2-3,6-9,11H2,1H3. The van der Waals surface area contributed by atoms with Crippen LogP contribution in [0.1, 0.15) is 38.2 Å². The summed E-state index contributed by atoms with van der Waals surface area (Å²) in [6, 6.07) is 5.38. The molecular formula is C15H22N2O2S. The summed E-state index contributed by atoms with van der Waals surface area (Å²) in [4.78, 5) is 0.368. The molecule has 0 bridgehead atoms. The van der Waals surface area contributed by atoms with Gasteiger partial charge in [0, 0.05) is 18.8 Å². The number of hydrogen-bond acceptors (Lipinski definition) is 3. The fourth-order valence-corrected chi connectivity index (χ4v) is 4.42. The second-order valence-electron chi connectivity index (χ2n) is 6.34. The maximum Gasteiger partial charge on any atom is 0.240 e. The summed E-state index contributed by atoms with van der Waals surface area (Å²) >= 11 is 0. The smallest absolute Gasteiger partial charge is 0.240 e. The first-order chi connectivity index (χ1) is 9.49. The Hall–Kier alpha value is -1.07. The molecule has 1 fully saturated rings. The summed E-state index contributed by atoms with van der Waals surface area (Å²) in [5, 5.41) is 3.23. The number of anilines is 1. The molecule has 110 valence electrons. The molecule has 1 aliphatic heterocycles. The fraction of sp³-hybridized carbons (Fsp3) is 0.600. The molecule has 0 radical (unpaired) electrons. The van der Waals surface area contributed by atoms with Crippen LogP contribution in [0.5, 0.6) is 0 Å². The lowest BCUT2D eigenvalue weighted by Crippen LogP contribution is -2.34. The molecule has 0 aromatic heterocycles. The van der Waals surface area contributed by atoms with Gasteiger partial charge in [-0.25, -0.2) is 13.1 Å². The van der Waals surface area contributed by atoms with Crippen LogP contribution < -0.4 is 10.0 Å². The Balaban J connectivity index is 1.74. The third-order valence-electron chi connectivity index (χ3n) is 4.60. The molecule has 20 heavy (non-hydrogen) atoms. The topological polar surface area (TPSA) is 58.2 Å². The molecule has 0 saturated heterocycles. The van der Waals surface area contributed by atoms with Gasteiger partial charge in [-0.1, -0.05) is 25.8 Å². The first-order valence-electron chi connectivity index (χ1n) is 7.35. The van der Waals surface area contributed by atoms with Gasteiger partial charge in [-0.2, -0.15) is 0 Å². The van der Waals surface area contributed by atoms with Crippen LogP contribution in [0.2, 0.25) is 0 Å². The molecule has 1 aromatic carbocycles. The quantitative estimate of drug-likeness (QED) is 0.897. The molecule has 1 aromatic rings. The van der Waals surface area contributed by atoms with Crippen LogP contribution in [0.4, 0.5) is 5.69 Å². The Kier molecular flexibility index (Phi) is 3.50. The van der Waals surface area contributed by atoms with Crippen molar-refractivity contribution in [3.8, 4) is 0 Å². The van der Waals surface area contributed by atoms with Gasteiger partial charge in [0.1, 0.15) is 0 Å². The Labute approximate surface area is 121 Å². The lowest BCUT2D eigenvalue weighted by atomic mass is 9.89. The third-order valence-corrected chi connectivity index (χ3v) is 6.00. The molecule has 5 heteroatoms. The first-order valence-corrected chi connectivity index (χ1v) is 8.83. The van der Waals surface area contributed by atoms with Gasteiger partial charge in [-0.3, -0.25) is 0 Å². The number of benzene rings is 1. The average molecular weight is 294 g/mol. The monoisotopic (exact) mass is 294 g/mol. The van der Waals surface area contributed by atoms with Crippen LogP contribution in [0.3, 0.4) is 0 Å². The van der Waals surface area contributed by atoms with Crippen molar-refractivity contribution in [2.24, 2.45) is 5.41 Å². The Morgan fingerprint density at radius 1 is 1.30 bits per heavy atom. The van der Waals surface area contributed by atoms with Gasteiger partial charge in [0.25, 0.3) is 0 Å². The van der Waals surface area contributed by atoms with Crippen molar-refractivity contribution < 1.29 is 8.42 Å². The van der Waals surface area contributed by atoms with E-state index in [-0.39, 0.29) is 5.41 Å². The highest BCUT2D eigenvalue weighted by Crippen LogP contribution is 2.37. The zero-order chi connectivity index (χ0) is 14.2. The predicted octanol–water partition coefficient (Wildman–Crippen LogP) is 2.51. The van der Waals surface area contributed by atoms with Crippen molar-refractivity contribution in [3.05, 3.63) is 23.8 Å². The summed E-state index contributed by atoms with van der Waals surface area (Å²) < 4.78 is 27.6. The Morgan fingerprint density at radius 3 is 2.80 bits per heavy atom. The van der Waals surface area contributed by atoms with E-state index in [9.17, 15) is 8.42 Å². The van der Waals surface area contributed by atoms with Crippen molar-refractivity contribution in [1.82, 2.24) is 4.72 Å². The zero-order valence-electron chi connectivity index (χ0n) is 11.9. The molecule has 2 aliphatic rings. The van der Waals surface area contributed by atoms with Crippen molar-refractivity contribution in [1.29, 1.82) is 0 Å². The van der Waals surface area contributed by atoms with Gasteiger partial charge in [0.15, 0.2) is 0 Å². The van der Waals surface area contributed by atoms with E-state index >= 15 is 0 Å². The van der Waals surface area contributed by atoms with E-state index in [1.165, 1.54) is 18.4 Å². The molecular weight excluding hydrogens is 272 g/mol. The minimum absolute atomic E-state index is 0.127. The normalized spacial score (nSPS) is 20.6. The molecule has 3 rings (SSSR count). The van der Waals surface area contributed by atoms with Gasteiger partial charge < -0.3 is 5.32 Å². The van der Waals surface area contributed by atoms with Crippen LogP contribution in [-0.2, 0) is 16.4 Å². The van der Waals surface area contributed by atoms with E-state index in [0.717, 1.165) is 31.5 Å². The lowest BCUT2D eigenvalue weighted by Gasteiger charge is -2.23. The lowest BCUT2D eigenvalue weighted by molar-refractivity contribution is 0.336. The van der Waals surface area contributed by atoms with Crippen molar-refractivity contribution in [2.75, 3.05) is 18.4 Å². The largest absolute Gasteiger partial charge is 0.384 e. The Morgan fingerprint density at radius 2 is 2.05 bits per heavy atom. The Bertz CT molecular complexity index is 604. The van der Waals surface area contributed by atoms with Crippen LogP contribution in [-0.4, -0.2) is 21.5 Å². The van der Waals surface area contributed by atoms with E-state index in [4.69, 9.17) is 0 Å². The average Bonchev–Trinajstić information content (AvgIpc) is 3.05. The molecule has 1 heterocycles. The highest BCUT2D eigenvalue weighted by Gasteiger charge is 2.30. The van der Waals surface area contributed by atoms with E-state index in [1.807, 2.05) is 6.07 Å². The van der Waals surface area contributed by atoms with E-state index in [2.05, 4.69) is 17.0 Å². The maximum absolute atomic E-state index is 12.4. The van der Waals surface area contributed by atoms with Crippen LogP contribution >= 0.6 is 0 Å². The number of rotatable bonds is 4. The number of fused-ring (bicyclic) bond motifs is 1. The van der Waals surface area contributed by atoms with Gasteiger partial charge in [-0.15, -0.1) is 0 Å². The number of nitrogens with one attached hydrogen (secondary N) is 2. The maximum atomic E-state index is 12.4. The molecule has 1 aliphatic carbocycles. The summed E-state index contributed by atoms with van der Waals surface area (Å²) in [6.07, 6.45) is 5.62. The van der Waals surface area contributed by atoms with E-state index < -0.39 is 10.0 Å². The molecule has 0 spiro atoms. The summed E-state index contributed by atoms with van der Waals surface area (Å²) in [5.41, 5.74) is 2.29. The highest BCUT2D eigenvalue weighted by atomic mass is 32.2. The fourth-order valence-electron chi connectivity index (χ4n) is 3.20. The number of sulfonamides is 1. The van der Waals surface area contributed by atoms with Gasteiger partial charge in [0.05, 0.1) is 4.90 Å². The number of hydrogen-bond donors (Lipinski definition) is 2. The van der Waals surface area contributed by atoms with E-state index in [1.54, 1.807) is 12.1 Å². The molecule has 0 amide bonds. The van der Waals surface area contributed by atoms with Gasteiger partial charge in [-0.05, 0) is 42.4 Å². The molecule has 4 nitrogen and oxygen atoms in total. The van der Waals surface area contributed by atoms with E-state index in [0.29, 0.717) is 11.4 Å². The first kappa shape index (κ1) is 13.9. The van der Waals surface area contributed by atoms with Crippen LogP contribution in [0.25, 0.3) is 0 Å². The molecule has 2 N–H and O–H groups in total. The summed E-state index contributed by atoms with van der Waals surface area (Å²) in [5.74, 6) is 0. The zero-order valence-corrected chi connectivity index (χ0v) is 12.7. The van der Waals surface area contributed by atoms with Crippen molar-refractivity contribution in [3.63, 3.8) is 0 Å². The van der Waals surface area contributed by atoms with Gasteiger partial charge in [0.2, 0.25) is 10.0 Å². The minimum Gasteiger partial charge on any atom is -0.384 e. The second-order valence-corrected chi connectivity index (χ2v) is 8.11. The van der Waals surface area contributed by atoms with Crippen LogP contribution in [0.15, 0.2) is 23.1 Å². The highest BCUT2D eigenvalue weighted by molar-refractivity contribution is 7.89.